The zero-order chi connectivity index (χ0) is 17.5. The highest BCUT2D eigenvalue weighted by molar-refractivity contribution is 5.97. The molecular formula is C20H19N5O. The first kappa shape index (κ1) is 15.1. The summed E-state index contributed by atoms with van der Waals surface area (Å²) in [6, 6.07) is 10.1. The van der Waals surface area contributed by atoms with Crippen molar-refractivity contribution in [3.05, 3.63) is 54.5 Å². The predicted molar refractivity (Wildman–Crippen MR) is 100 cm³/mol. The van der Waals surface area contributed by atoms with Gasteiger partial charge in [-0.2, -0.15) is 5.10 Å². The minimum Gasteiger partial charge on any atom is -0.339 e. The molecule has 0 spiro atoms. The highest BCUT2D eigenvalue weighted by Gasteiger charge is 2.19. The quantitative estimate of drug-likeness (QED) is 0.604. The van der Waals surface area contributed by atoms with Gasteiger partial charge in [-0.05, 0) is 49.6 Å². The lowest BCUT2D eigenvalue weighted by molar-refractivity contribution is 0.0724. The maximum Gasteiger partial charge on any atom is 0.255 e. The van der Waals surface area contributed by atoms with Gasteiger partial charge in [0.2, 0.25) is 0 Å². The Morgan fingerprint density at radius 1 is 1.00 bits per heavy atom. The molecule has 5 rings (SSSR count). The third-order valence-electron chi connectivity index (χ3n) is 5.12. The first-order valence-electron chi connectivity index (χ1n) is 8.99. The number of hydrogen-bond donors (Lipinski definition) is 1. The standard InChI is InChI=1S/C20H19N5O/c26-20(24-7-2-1-3-8-24)16-10-14-6-9-25(19(14)21-12-16)17-4-5-18-15(11-17)13-22-23-18/h4-6,9-13H,1-3,7-8H2,(H,22,23). The number of carbonyl (C=O) groups excluding carboxylic acids is 1. The summed E-state index contributed by atoms with van der Waals surface area (Å²) in [6.45, 7) is 1.70. The lowest BCUT2D eigenvalue weighted by Gasteiger charge is -2.26. The number of aromatic nitrogens is 4. The van der Waals surface area contributed by atoms with Crippen molar-refractivity contribution in [3.8, 4) is 5.69 Å². The van der Waals surface area contributed by atoms with E-state index in [0.29, 0.717) is 5.56 Å². The molecule has 1 amide bonds. The van der Waals surface area contributed by atoms with E-state index in [1.54, 1.807) is 6.20 Å². The molecule has 0 bridgehead atoms. The van der Waals surface area contributed by atoms with E-state index in [9.17, 15) is 4.79 Å². The number of likely N-dealkylation sites (tertiary alicyclic amines) is 1. The molecule has 1 aliphatic rings. The van der Waals surface area contributed by atoms with Crippen LogP contribution in [-0.4, -0.2) is 43.6 Å². The fraction of sp³-hybridized carbons (Fsp3) is 0.250. The minimum absolute atomic E-state index is 0.0895. The van der Waals surface area contributed by atoms with Gasteiger partial charge in [-0.25, -0.2) is 4.98 Å². The lowest BCUT2D eigenvalue weighted by Crippen LogP contribution is -2.35. The zero-order valence-electron chi connectivity index (χ0n) is 14.4. The molecule has 130 valence electrons. The summed E-state index contributed by atoms with van der Waals surface area (Å²) in [6.07, 6.45) is 8.90. The van der Waals surface area contributed by atoms with E-state index < -0.39 is 0 Å². The van der Waals surface area contributed by atoms with Gasteiger partial charge in [0.05, 0.1) is 17.3 Å². The molecule has 0 saturated carbocycles. The van der Waals surface area contributed by atoms with Crippen LogP contribution in [0.2, 0.25) is 0 Å². The van der Waals surface area contributed by atoms with Crippen LogP contribution in [0, 0.1) is 0 Å². The average molecular weight is 345 g/mol. The Balaban J connectivity index is 1.52. The van der Waals surface area contributed by atoms with Crippen LogP contribution in [0.1, 0.15) is 29.6 Å². The zero-order valence-corrected chi connectivity index (χ0v) is 14.4. The van der Waals surface area contributed by atoms with Crippen LogP contribution in [0.5, 0.6) is 0 Å². The van der Waals surface area contributed by atoms with Crippen molar-refractivity contribution in [3.63, 3.8) is 0 Å². The second kappa shape index (κ2) is 5.98. The van der Waals surface area contributed by atoms with E-state index in [0.717, 1.165) is 53.6 Å². The molecule has 1 N–H and O–H groups in total. The molecule has 1 aliphatic heterocycles. The van der Waals surface area contributed by atoms with Crippen molar-refractivity contribution in [2.75, 3.05) is 13.1 Å². The Morgan fingerprint density at radius 2 is 1.88 bits per heavy atom. The molecule has 6 heteroatoms. The van der Waals surface area contributed by atoms with Crippen molar-refractivity contribution in [2.45, 2.75) is 19.3 Å². The molecule has 0 atom stereocenters. The number of rotatable bonds is 2. The number of pyridine rings is 1. The van der Waals surface area contributed by atoms with Gasteiger partial charge >= 0.3 is 0 Å². The molecule has 4 heterocycles. The first-order valence-corrected chi connectivity index (χ1v) is 8.99. The topological polar surface area (TPSA) is 66.8 Å². The number of piperidine rings is 1. The normalized spacial score (nSPS) is 15.0. The fourth-order valence-corrected chi connectivity index (χ4v) is 3.71. The molecule has 4 aromatic rings. The largest absolute Gasteiger partial charge is 0.339 e. The Bertz CT molecular complexity index is 1100. The van der Waals surface area contributed by atoms with Gasteiger partial charge in [-0.1, -0.05) is 0 Å². The number of aromatic amines is 1. The summed E-state index contributed by atoms with van der Waals surface area (Å²) in [5.74, 6) is 0.0895. The molecule has 6 nitrogen and oxygen atoms in total. The fourth-order valence-electron chi connectivity index (χ4n) is 3.71. The summed E-state index contributed by atoms with van der Waals surface area (Å²) in [4.78, 5) is 19.2. The van der Waals surface area contributed by atoms with Crippen LogP contribution in [0.3, 0.4) is 0 Å². The number of fused-ring (bicyclic) bond motifs is 2. The summed E-state index contributed by atoms with van der Waals surface area (Å²) >= 11 is 0. The molecule has 0 radical (unpaired) electrons. The Kier molecular flexibility index (Phi) is 3.48. The number of nitrogens with zero attached hydrogens (tertiary/aromatic N) is 4. The molecule has 3 aromatic heterocycles. The third-order valence-corrected chi connectivity index (χ3v) is 5.12. The number of carbonyl (C=O) groups is 1. The van der Waals surface area contributed by atoms with Gasteiger partial charge in [-0.3, -0.25) is 9.89 Å². The lowest BCUT2D eigenvalue weighted by atomic mass is 10.1. The van der Waals surface area contributed by atoms with E-state index in [2.05, 4.69) is 21.2 Å². The van der Waals surface area contributed by atoms with Crippen LogP contribution in [0.4, 0.5) is 0 Å². The highest BCUT2D eigenvalue weighted by atomic mass is 16.2. The molecular weight excluding hydrogens is 326 g/mol. The summed E-state index contributed by atoms with van der Waals surface area (Å²) in [5, 5.41) is 9.06. The van der Waals surface area contributed by atoms with E-state index in [-0.39, 0.29) is 5.91 Å². The van der Waals surface area contributed by atoms with Crippen LogP contribution in [0.15, 0.2) is 48.9 Å². The van der Waals surface area contributed by atoms with Crippen molar-refractivity contribution in [1.29, 1.82) is 0 Å². The van der Waals surface area contributed by atoms with Gasteiger partial charge < -0.3 is 9.47 Å². The van der Waals surface area contributed by atoms with Crippen molar-refractivity contribution < 1.29 is 4.79 Å². The summed E-state index contributed by atoms with van der Waals surface area (Å²) in [5.41, 5.74) is 3.55. The number of benzene rings is 1. The van der Waals surface area contributed by atoms with E-state index in [1.807, 2.05) is 46.1 Å². The number of nitrogens with one attached hydrogen (secondary N) is 1. The van der Waals surface area contributed by atoms with Crippen LogP contribution in [0.25, 0.3) is 27.6 Å². The molecule has 1 aromatic carbocycles. The third kappa shape index (κ3) is 2.45. The Hall–Kier alpha value is -3.15. The van der Waals surface area contributed by atoms with Crippen LogP contribution in [-0.2, 0) is 0 Å². The highest BCUT2D eigenvalue weighted by Crippen LogP contribution is 2.23. The van der Waals surface area contributed by atoms with Gasteiger partial charge in [0.15, 0.2) is 0 Å². The van der Waals surface area contributed by atoms with Gasteiger partial charge in [0.1, 0.15) is 5.65 Å². The molecule has 1 saturated heterocycles. The Morgan fingerprint density at radius 3 is 2.77 bits per heavy atom. The maximum absolute atomic E-state index is 12.7. The second-order valence-electron chi connectivity index (χ2n) is 6.82. The Labute approximate surface area is 150 Å². The maximum atomic E-state index is 12.7. The minimum atomic E-state index is 0.0895. The van der Waals surface area contributed by atoms with Gasteiger partial charge in [0, 0.05) is 41.9 Å². The predicted octanol–water partition coefficient (Wildman–Crippen LogP) is 3.53. The van der Waals surface area contributed by atoms with E-state index in [1.165, 1.54) is 6.42 Å². The van der Waals surface area contributed by atoms with Crippen molar-refractivity contribution >= 4 is 27.8 Å². The smallest absolute Gasteiger partial charge is 0.255 e. The summed E-state index contributed by atoms with van der Waals surface area (Å²) < 4.78 is 2.04. The monoisotopic (exact) mass is 345 g/mol. The van der Waals surface area contributed by atoms with Crippen LogP contribution < -0.4 is 0 Å². The number of hydrogen-bond acceptors (Lipinski definition) is 3. The average Bonchev–Trinajstić information content (AvgIpc) is 3.33. The molecule has 0 unspecified atom stereocenters. The van der Waals surface area contributed by atoms with Crippen LogP contribution >= 0.6 is 0 Å². The number of H-pyrrole nitrogens is 1. The SMILES string of the molecule is O=C(c1cnc2c(ccn2-c2ccc3[nH]ncc3c2)c1)N1CCCCC1. The van der Waals surface area contributed by atoms with E-state index in [4.69, 9.17) is 0 Å². The van der Waals surface area contributed by atoms with E-state index >= 15 is 0 Å². The summed E-state index contributed by atoms with van der Waals surface area (Å²) in [7, 11) is 0. The molecule has 1 fully saturated rings. The number of amides is 1. The van der Waals surface area contributed by atoms with Gasteiger partial charge in [0.25, 0.3) is 5.91 Å². The van der Waals surface area contributed by atoms with Crippen molar-refractivity contribution in [2.24, 2.45) is 0 Å². The second-order valence-corrected chi connectivity index (χ2v) is 6.82. The first-order chi connectivity index (χ1) is 12.8. The van der Waals surface area contributed by atoms with Crippen molar-refractivity contribution in [1.82, 2.24) is 24.6 Å². The van der Waals surface area contributed by atoms with Gasteiger partial charge in [-0.15, -0.1) is 0 Å². The molecule has 26 heavy (non-hydrogen) atoms. The molecule has 0 aliphatic carbocycles.